The maximum Gasteiger partial charge on any atom is 0.191 e. The van der Waals surface area contributed by atoms with Gasteiger partial charge >= 0.3 is 0 Å². The Hall–Kier alpha value is -0.830. The summed E-state index contributed by atoms with van der Waals surface area (Å²) in [5.74, 6) is 2.55. The minimum absolute atomic E-state index is 0. The highest BCUT2D eigenvalue weighted by Gasteiger charge is 2.26. The largest absolute Gasteiger partial charge is 0.490 e. The van der Waals surface area contributed by atoms with Gasteiger partial charge in [0.25, 0.3) is 0 Å². The van der Waals surface area contributed by atoms with E-state index in [9.17, 15) is 4.21 Å². The predicted molar refractivity (Wildman–Crippen MR) is 137 cm³/mol. The van der Waals surface area contributed by atoms with Crippen molar-refractivity contribution < 1.29 is 8.95 Å². The average molecular weight is 548 g/mol. The van der Waals surface area contributed by atoms with Gasteiger partial charge in [0.05, 0.1) is 6.10 Å². The van der Waals surface area contributed by atoms with E-state index in [-0.39, 0.29) is 24.0 Å². The van der Waals surface area contributed by atoms with Crippen LogP contribution in [0.15, 0.2) is 29.3 Å². The van der Waals surface area contributed by atoms with Gasteiger partial charge in [-0.1, -0.05) is 31.9 Å². The highest BCUT2D eigenvalue weighted by atomic mass is 127. The van der Waals surface area contributed by atoms with Gasteiger partial charge < -0.3 is 15.4 Å². The zero-order chi connectivity index (χ0) is 20.5. The molecule has 30 heavy (non-hydrogen) atoms. The molecule has 0 spiro atoms. The Bertz CT molecular complexity index is 678. The Morgan fingerprint density at radius 1 is 1.10 bits per heavy atom. The average Bonchev–Trinajstić information content (AvgIpc) is 2.78. The van der Waals surface area contributed by atoms with Crippen LogP contribution < -0.4 is 15.4 Å². The molecule has 1 aromatic rings. The zero-order valence-electron chi connectivity index (χ0n) is 18.4. The predicted octanol–water partition coefficient (Wildman–Crippen LogP) is 4.76. The monoisotopic (exact) mass is 547 g/mol. The molecule has 170 valence electrons. The Morgan fingerprint density at radius 2 is 1.83 bits per heavy atom. The van der Waals surface area contributed by atoms with Crippen molar-refractivity contribution in [2.45, 2.75) is 88.7 Å². The Balaban J connectivity index is 0.00000320. The topological polar surface area (TPSA) is 62.7 Å². The molecule has 0 bridgehead atoms. The van der Waals surface area contributed by atoms with Gasteiger partial charge in [0, 0.05) is 41.4 Å². The van der Waals surface area contributed by atoms with Crippen LogP contribution in [0.25, 0.3) is 0 Å². The second-order valence-electron chi connectivity index (χ2n) is 8.25. The third-order valence-electron chi connectivity index (χ3n) is 6.09. The molecule has 0 saturated heterocycles. The lowest BCUT2D eigenvalue weighted by Crippen LogP contribution is -2.46. The van der Waals surface area contributed by atoms with E-state index < -0.39 is 10.8 Å². The molecule has 0 radical (unpaired) electrons. The van der Waals surface area contributed by atoms with Gasteiger partial charge in [0.2, 0.25) is 0 Å². The summed E-state index contributed by atoms with van der Waals surface area (Å²) in [5.41, 5.74) is 1.21. The maximum absolute atomic E-state index is 12.2. The molecule has 0 aliphatic heterocycles. The number of hydrogen-bond acceptors (Lipinski definition) is 3. The third-order valence-corrected chi connectivity index (χ3v) is 7.83. The minimum Gasteiger partial charge on any atom is -0.490 e. The molecule has 7 heteroatoms. The zero-order valence-corrected chi connectivity index (χ0v) is 21.5. The van der Waals surface area contributed by atoms with Gasteiger partial charge in [-0.3, -0.25) is 9.20 Å². The van der Waals surface area contributed by atoms with Crippen LogP contribution >= 0.6 is 24.0 Å². The molecule has 1 aromatic carbocycles. The van der Waals surface area contributed by atoms with Crippen LogP contribution in [-0.2, 0) is 17.3 Å². The summed E-state index contributed by atoms with van der Waals surface area (Å²) in [6.45, 7) is 2.74. The molecule has 0 heterocycles. The van der Waals surface area contributed by atoms with Gasteiger partial charge in [0.15, 0.2) is 5.96 Å². The van der Waals surface area contributed by atoms with Crippen LogP contribution in [0.2, 0.25) is 0 Å². The molecule has 5 nitrogen and oxygen atoms in total. The van der Waals surface area contributed by atoms with E-state index in [1.54, 1.807) is 7.05 Å². The normalized spacial score (nSPS) is 23.9. The molecule has 0 aromatic heterocycles. The fraction of sp³-hybridized carbons (Fsp3) is 0.696. The lowest BCUT2D eigenvalue weighted by Gasteiger charge is -2.30. The summed E-state index contributed by atoms with van der Waals surface area (Å²) < 4.78 is 18.3. The van der Waals surface area contributed by atoms with Gasteiger partial charge in [-0.15, -0.1) is 24.0 Å². The highest BCUT2D eigenvalue weighted by Crippen LogP contribution is 2.24. The minimum atomic E-state index is -0.702. The fourth-order valence-electron chi connectivity index (χ4n) is 4.39. The van der Waals surface area contributed by atoms with Crippen LogP contribution in [-0.4, -0.2) is 40.4 Å². The third kappa shape index (κ3) is 8.02. The SMILES string of the molecule is CCS(=O)C1CCCC(NC(=NC)NCc2ccc(OC3CCCCC3)cc2)C1.I. The number of nitrogens with one attached hydrogen (secondary N) is 2. The van der Waals surface area contributed by atoms with Crippen molar-refractivity contribution in [1.82, 2.24) is 10.6 Å². The van der Waals surface area contributed by atoms with Crippen LogP contribution in [0.4, 0.5) is 0 Å². The quantitative estimate of drug-likeness (QED) is 0.294. The summed E-state index contributed by atoms with van der Waals surface area (Å²) in [6, 6.07) is 8.75. The lowest BCUT2D eigenvalue weighted by atomic mass is 9.95. The number of hydrogen-bond donors (Lipinski definition) is 2. The van der Waals surface area contributed by atoms with Gasteiger partial charge in [0.1, 0.15) is 5.75 Å². The number of aliphatic imine (C=N–C) groups is 1. The number of guanidine groups is 1. The van der Waals surface area contributed by atoms with Crippen LogP contribution in [0.5, 0.6) is 5.75 Å². The first kappa shape index (κ1) is 25.4. The maximum atomic E-state index is 12.2. The number of ether oxygens (including phenoxy) is 1. The van der Waals surface area contributed by atoms with Crippen LogP contribution in [0.3, 0.4) is 0 Å². The van der Waals surface area contributed by atoms with Crippen LogP contribution in [0, 0.1) is 0 Å². The standard InChI is InChI=1S/C23H37N3O2S.HI/c1-3-29(27)22-11-7-8-19(16-22)26-23(24-2)25-17-18-12-14-21(15-13-18)28-20-9-5-4-6-10-20;/h12-15,19-20,22H,3-11,16-17H2,1-2H3,(H2,24,25,26);1H. The van der Waals surface area contributed by atoms with E-state index in [1.807, 2.05) is 6.92 Å². The van der Waals surface area contributed by atoms with Crippen molar-refractivity contribution >= 4 is 40.7 Å². The molecule has 3 rings (SSSR count). The molecule has 2 aliphatic carbocycles. The van der Waals surface area contributed by atoms with Crippen molar-refractivity contribution in [3.63, 3.8) is 0 Å². The number of nitrogens with zero attached hydrogens (tertiary/aromatic N) is 1. The summed E-state index contributed by atoms with van der Waals surface area (Å²) in [5, 5.41) is 7.26. The number of rotatable bonds is 7. The molecule has 2 aliphatic rings. The molecule has 2 fully saturated rings. The van der Waals surface area contributed by atoms with Crippen molar-refractivity contribution in [2.24, 2.45) is 4.99 Å². The Morgan fingerprint density at radius 3 is 2.50 bits per heavy atom. The summed E-state index contributed by atoms with van der Waals surface area (Å²) in [7, 11) is 1.10. The lowest BCUT2D eigenvalue weighted by molar-refractivity contribution is 0.155. The first-order valence-electron chi connectivity index (χ1n) is 11.3. The highest BCUT2D eigenvalue weighted by molar-refractivity contribution is 14.0. The second-order valence-corrected chi connectivity index (χ2v) is 10.3. The molecule has 2 N–H and O–H groups in total. The second kappa shape index (κ2) is 13.6. The summed E-state index contributed by atoms with van der Waals surface area (Å²) in [6.07, 6.45) is 11.0. The number of halogens is 1. The summed E-state index contributed by atoms with van der Waals surface area (Å²) in [4.78, 5) is 4.38. The van der Waals surface area contributed by atoms with Crippen molar-refractivity contribution in [3.8, 4) is 5.75 Å². The van der Waals surface area contributed by atoms with E-state index in [4.69, 9.17) is 4.74 Å². The molecule has 3 unspecified atom stereocenters. The van der Waals surface area contributed by atoms with E-state index >= 15 is 0 Å². The van der Waals surface area contributed by atoms with Crippen molar-refractivity contribution in [1.29, 1.82) is 0 Å². The van der Waals surface area contributed by atoms with E-state index in [2.05, 4.69) is 39.9 Å². The van der Waals surface area contributed by atoms with Gasteiger partial charge in [-0.05, 0) is 62.6 Å². The summed E-state index contributed by atoms with van der Waals surface area (Å²) >= 11 is 0. The molecule has 2 saturated carbocycles. The molecule has 3 atom stereocenters. The van der Waals surface area contributed by atoms with Crippen molar-refractivity contribution in [3.05, 3.63) is 29.8 Å². The fourth-order valence-corrected chi connectivity index (χ4v) is 5.73. The smallest absolute Gasteiger partial charge is 0.191 e. The van der Waals surface area contributed by atoms with E-state index in [0.29, 0.717) is 17.4 Å². The van der Waals surface area contributed by atoms with E-state index in [1.165, 1.54) is 37.7 Å². The Labute approximate surface area is 201 Å². The Kier molecular flexibility index (Phi) is 11.5. The van der Waals surface area contributed by atoms with Gasteiger partial charge in [-0.2, -0.15) is 0 Å². The first-order valence-corrected chi connectivity index (χ1v) is 12.7. The van der Waals surface area contributed by atoms with Crippen molar-refractivity contribution in [2.75, 3.05) is 12.8 Å². The van der Waals surface area contributed by atoms with Crippen LogP contribution in [0.1, 0.15) is 70.3 Å². The first-order chi connectivity index (χ1) is 14.2. The number of benzene rings is 1. The molecular formula is C23H38IN3O2S. The molecule has 0 amide bonds. The van der Waals surface area contributed by atoms with Gasteiger partial charge in [-0.25, -0.2) is 0 Å². The van der Waals surface area contributed by atoms with E-state index in [0.717, 1.165) is 49.7 Å². The molecular weight excluding hydrogens is 509 g/mol.